The molecule has 0 unspecified atom stereocenters. The number of fused-ring (bicyclic) bond motifs is 1. The Hall–Kier alpha value is -7.04. The van der Waals surface area contributed by atoms with Crippen LogP contribution in [0.3, 0.4) is 0 Å². The lowest BCUT2D eigenvalue weighted by Crippen LogP contribution is -2.00. The van der Waals surface area contributed by atoms with Gasteiger partial charge in [-0.2, -0.15) is 0 Å². The zero-order chi connectivity index (χ0) is 34.7. The lowest BCUT2D eigenvalue weighted by molar-refractivity contribution is 1.07. The Morgan fingerprint density at radius 3 is 1.40 bits per heavy atom. The fourth-order valence-electron chi connectivity index (χ4n) is 6.76. The average Bonchev–Trinajstić information content (AvgIpc) is 3.24. The van der Waals surface area contributed by atoms with Crippen LogP contribution in [0.4, 0.5) is 0 Å². The summed E-state index contributed by atoms with van der Waals surface area (Å²) in [6.45, 7) is 0. The lowest BCUT2D eigenvalue weighted by Gasteiger charge is -2.15. The minimum atomic E-state index is 0.619. The van der Waals surface area contributed by atoms with Gasteiger partial charge in [-0.1, -0.05) is 176 Å². The van der Waals surface area contributed by atoms with E-state index >= 15 is 0 Å². The maximum absolute atomic E-state index is 5.05. The summed E-state index contributed by atoms with van der Waals surface area (Å²) in [6.07, 6.45) is 1.87. The maximum Gasteiger partial charge on any atom is 0.164 e. The van der Waals surface area contributed by atoms with Gasteiger partial charge in [0, 0.05) is 33.8 Å². The minimum Gasteiger partial charge on any atom is -0.256 e. The fraction of sp³-hybridized carbons (Fsp3) is 0. The fourth-order valence-corrected chi connectivity index (χ4v) is 6.76. The van der Waals surface area contributed by atoms with Crippen molar-refractivity contribution < 1.29 is 0 Å². The van der Waals surface area contributed by atoms with E-state index in [9.17, 15) is 0 Å². The molecule has 4 heteroatoms. The third-order valence-electron chi connectivity index (χ3n) is 9.40. The number of nitrogens with zero attached hydrogens (tertiary/aromatic N) is 4. The van der Waals surface area contributed by atoms with Crippen LogP contribution in [0.25, 0.3) is 89.6 Å². The number of hydrogen-bond acceptors (Lipinski definition) is 4. The van der Waals surface area contributed by atoms with Crippen molar-refractivity contribution in [2.45, 2.75) is 0 Å². The highest BCUT2D eigenvalue weighted by molar-refractivity contribution is 6.02. The largest absolute Gasteiger partial charge is 0.256 e. The Morgan fingerprint density at radius 2 is 0.750 bits per heavy atom. The van der Waals surface area contributed by atoms with Crippen LogP contribution in [0.2, 0.25) is 0 Å². The third kappa shape index (κ3) is 6.14. The summed E-state index contributed by atoms with van der Waals surface area (Å²) in [4.78, 5) is 19.9. The highest BCUT2D eigenvalue weighted by atomic mass is 15.0. The van der Waals surface area contributed by atoms with Gasteiger partial charge in [-0.15, -0.1) is 0 Å². The molecule has 52 heavy (non-hydrogen) atoms. The van der Waals surface area contributed by atoms with Crippen LogP contribution in [0.5, 0.6) is 0 Å². The second-order valence-electron chi connectivity index (χ2n) is 12.7. The van der Waals surface area contributed by atoms with E-state index in [-0.39, 0.29) is 0 Å². The van der Waals surface area contributed by atoms with Gasteiger partial charge in [-0.05, 0) is 51.1 Å². The van der Waals surface area contributed by atoms with Gasteiger partial charge in [0.15, 0.2) is 17.5 Å². The Morgan fingerprint density at radius 1 is 0.288 bits per heavy atom. The van der Waals surface area contributed by atoms with Crippen molar-refractivity contribution in [1.82, 2.24) is 19.9 Å². The second-order valence-corrected chi connectivity index (χ2v) is 12.7. The Bertz CT molecular complexity index is 2640. The van der Waals surface area contributed by atoms with Crippen LogP contribution in [0.1, 0.15) is 0 Å². The van der Waals surface area contributed by atoms with Gasteiger partial charge in [0.25, 0.3) is 0 Å². The first-order valence-corrected chi connectivity index (χ1v) is 17.4. The van der Waals surface area contributed by atoms with Crippen molar-refractivity contribution in [3.05, 3.63) is 194 Å². The zero-order valence-corrected chi connectivity index (χ0v) is 28.3. The predicted molar refractivity (Wildman–Crippen MR) is 213 cm³/mol. The monoisotopic (exact) mass is 664 g/mol. The molecule has 0 saturated heterocycles. The highest BCUT2D eigenvalue weighted by Gasteiger charge is 2.16. The van der Waals surface area contributed by atoms with Gasteiger partial charge in [-0.3, -0.25) is 4.98 Å². The molecule has 2 aromatic heterocycles. The van der Waals surface area contributed by atoms with Gasteiger partial charge in [0.05, 0.1) is 5.52 Å². The van der Waals surface area contributed by atoms with Crippen LogP contribution in [0.15, 0.2) is 194 Å². The molecule has 0 radical (unpaired) electrons. The van der Waals surface area contributed by atoms with E-state index in [1.54, 1.807) is 0 Å². The lowest BCUT2D eigenvalue weighted by atomic mass is 9.91. The molecule has 0 aliphatic carbocycles. The smallest absolute Gasteiger partial charge is 0.164 e. The predicted octanol–water partition coefficient (Wildman–Crippen LogP) is 12.1. The summed E-state index contributed by atoms with van der Waals surface area (Å²) in [5, 5.41) is 1.10. The van der Waals surface area contributed by atoms with Crippen LogP contribution >= 0.6 is 0 Å². The molecule has 244 valence electrons. The van der Waals surface area contributed by atoms with Gasteiger partial charge in [0.1, 0.15) is 0 Å². The van der Waals surface area contributed by atoms with E-state index in [2.05, 4.69) is 140 Å². The summed E-state index contributed by atoms with van der Waals surface area (Å²) in [7, 11) is 0. The number of benzene rings is 7. The van der Waals surface area contributed by atoms with Crippen LogP contribution in [-0.2, 0) is 0 Å². The standard InChI is InChI=1S/C48H32N4/c1-4-12-33(13-5-1)35-21-23-36(24-22-35)43-30-29-38-20-11-31-49-45(38)44(43)37-25-27-40(28-26-37)47-50-46(39-16-8-3-9-17-39)51-48(52-47)42-19-10-18-41(32-42)34-14-6-2-7-15-34/h1-32H. The van der Waals surface area contributed by atoms with Crippen LogP contribution < -0.4 is 0 Å². The summed E-state index contributed by atoms with van der Waals surface area (Å²) in [6, 6.07) is 65.1. The number of pyridine rings is 1. The first kappa shape index (κ1) is 31.0. The molecule has 2 heterocycles. The molecule has 0 N–H and O–H groups in total. The third-order valence-corrected chi connectivity index (χ3v) is 9.40. The van der Waals surface area contributed by atoms with E-state index in [1.165, 1.54) is 11.1 Å². The Balaban J connectivity index is 1.13. The van der Waals surface area contributed by atoms with Crippen LogP contribution in [-0.4, -0.2) is 19.9 Å². The van der Waals surface area contributed by atoms with Crippen molar-refractivity contribution >= 4 is 10.9 Å². The first-order valence-electron chi connectivity index (χ1n) is 17.4. The molecule has 0 amide bonds. The summed E-state index contributed by atoms with van der Waals surface area (Å²) < 4.78 is 0. The summed E-state index contributed by atoms with van der Waals surface area (Å²) in [5.74, 6) is 1.88. The molecule has 4 nitrogen and oxygen atoms in total. The van der Waals surface area contributed by atoms with E-state index in [1.807, 2.05) is 54.7 Å². The molecule has 9 rings (SSSR count). The number of rotatable bonds is 7. The second kappa shape index (κ2) is 13.7. The number of aromatic nitrogens is 4. The van der Waals surface area contributed by atoms with E-state index in [4.69, 9.17) is 19.9 Å². The van der Waals surface area contributed by atoms with Crippen molar-refractivity contribution in [1.29, 1.82) is 0 Å². The minimum absolute atomic E-state index is 0.619. The van der Waals surface area contributed by atoms with Gasteiger partial charge >= 0.3 is 0 Å². The first-order chi connectivity index (χ1) is 25.8. The molecule has 0 saturated carbocycles. The Labute approximate surface area is 302 Å². The van der Waals surface area contributed by atoms with Gasteiger partial charge < -0.3 is 0 Å². The molecule has 0 fully saturated rings. The molecule has 7 aromatic carbocycles. The molecular formula is C48H32N4. The SMILES string of the molecule is c1ccc(-c2ccc(-c3ccc4cccnc4c3-c3ccc(-c4nc(-c5ccccc5)nc(-c5cccc(-c6ccccc6)c5)n4)cc3)cc2)cc1. The highest BCUT2D eigenvalue weighted by Crippen LogP contribution is 2.39. The summed E-state index contributed by atoms with van der Waals surface area (Å²) >= 11 is 0. The molecule has 0 atom stereocenters. The number of hydrogen-bond donors (Lipinski definition) is 0. The zero-order valence-electron chi connectivity index (χ0n) is 28.3. The van der Waals surface area contributed by atoms with E-state index in [0.717, 1.165) is 61.0 Å². The van der Waals surface area contributed by atoms with E-state index < -0.39 is 0 Å². The van der Waals surface area contributed by atoms with Crippen molar-refractivity contribution in [3.8, 4) is 78.7 Å². The van der Waals surface area contributed by atoms with Crippen molar-refractivity contribution in [2.75, 3.05) is 0 Å². The molecular weight excluding hydrogens is 633 g/mol. The van der Waals surface area contributed by atoms with Crippen molar-refractivity contribution in [3.63, 3.8) is 0 Å². The van der Waals surface area contributed by atoms with Crippen LogP contribution in [0, 0.1) is 0 Å². The summed E-state index contributed by atoms with van der Waals surface area (Å²) in [5.41, 5.74) is 12.8. The van der Waals surface area contributed by atoms with Gasteiger partial charge in [-0.25, -0.2) is 15.0 Å². The molecule has 0 aliphatic heterocycles. The molecule has 0 aliphatic rings. The quantitative estimate of drug-likeness (QED) is 0.170. The Kier molecular flexibility index (Phi) is 8.16. The average molecular weight is 665 g/mol. The molecule has 0 spiro atoms. The van der Waals surface area contributed by atoms with Crippen molar-refractivity contribution in [2.24, 2.45) is 0 Å². The molecule has 9 aromatic rings. The van der Waals surface area contributed by atoms with E-state index in [0.29, 0.717) is 17.5 Å². The topological polar surface area (TPSA) is 51.6 Å². The molecule has 0 bridgehead atoms. The maximum atomic E-state index is 5.05. The normalized spacial score (nSPS) is 11.1. The van der Waals surface area contributed by atoms with Gasteiger partial charge in [0.2, 0.25) is 0 Å².